The van der Waals surface area contributed by atoms with Gasteiger partial charge in [0.1, 0.15) is 75.6 Å². The summed E-state index contributed by atoms with van der Waals surface area (Å²) in [5.74, 6) is 4.26. The molecule has 15 aromatic rings. The number of fused-ring (bicyclic) bond motifs is 3. The Morgan fingerprint density at radius 3 is 1.05 bits per heavy atom. The van der Waals surface area contributed by atoms with Gasteiger partial charge in [0.2, 0.25) is 11.1 Å². The number of aromatic nitrogens is 12. The molecule has 0 saturated heterocycles. The van der Waals surface area contributed by atoms with E-state index in [1.54, 1.807) is 179 Å². The van der Waals surface area contributed by atoms with Gasteiger partial charge in [-0.3, -0.25) is 28.6 Å². The molecule has 0 unspecified atom stereocenters. The lowest BCUT2D eigenvalue weighted by Gasteiger charge is -2.19. The van der Waals surface area contributed by atoms with Crippen molar-refractivity contribution in [1.82, 2.24) is 67.1 Å². The number of benzene rings is 9. The number of nitrogens with two attached hydrogens (primary N) is 4. The summed E-state index contributed by atoms with van der Waals surface area (Å²) in [6, 6.07) is 70.4. The molecule has 0 bridgehead atoms. The first-order valence-electron chi connectivity index (χ1n) is 36.3. The molecule has 592 valence electrons. The Kier molecular flexibility index (Phi) is 25.6. The molecule has 6 heterocycles. The minimum absolute atomic E-state index is 0.151. The third-order valence-corrected chi connectivity index (χ3v) is 17.0. The summed E-state index contributed by atoms with van der Waals surface area (Å²) in [5, 5.41) is 5.11. The highest BCUT2D eigenvalue weighted by molar-refractivity contribution is 6.66. The predicted molar refractivity (Wildman–Crippen MR) is 455 cm³/mol. The smallest absolute Gasteiger partial charge is 0.412 e. The lowest BCUT2D eigenvalue weighted by Crippen LogP contribution is -2.27. The number of halogens is 1. The summed E-state index contributed by atoms with van der Waals surface area (Å²) in [5.41, 5.74) is 29.8. The van der Waals surface area contributed by atoms with E-state index in [-0.39, 0.29) is 34.7 Å². The second kappa shape index (κ2) is 36.9. The molecule has 30 nitrogen and oxygen atoms in total. The maximum atomic E-state index is 13.8. The molecule has 6 aromatic heterocycles. The monoisotopic (exact) mass is 1590 g/mol. The molecule has 9 aromatic carbocycles. The summed E-state index contributed by atoms with van der Waals surface area (Å²) in [6.45, 7) is 6.73. The second-order valence-electron chi connectivity index (χ2n) is 27.3. The van der Waals surface area contributed by atoms with Gasteiger partial charge in [0, 0.05) is 36.2 Å². The quantitative estimate of drug-likeness (QED) is 0.0234. The Morgan fingerprint density at radius 1 is 0.393 bits per heavy atom. The number of nitrogen functional groups attached to an aromatic ring is 4. The molecule has 0 fully saturated rings. The van der Waals surface area contributed by atoms with Crippen LogP contribution >= 0.6 is 11.6 Å². The van der Waals surface area contributed by atoms with E-state index in [0.29, 0.717) is 120 Å². The Balaban J connectivity index is 0.000000154. The fourth-order valence-electron chi connectivity index (χ4n) is 11.9. The number of anilines is 6. The van der Waals surface area contributed by atoms with Crippen LogP contribution in [0.2, 0.25) is 0 Å². The highest BCUT2D eigenvalue weighted by Gasteiger charge is 2.25. The average molecular weight is 1590 g/mol. The van der Waals surface area contributed by atoms with Crippen LogP contribution in [0.4, 0.5) is 39.3 Å². The molecule has 0 aliphatic rings. The number of carbonyl (C=O) groups excluding carboxylic acids is 3. The van der Waals surface area contributed by atoms with Crippen LogP contribution in [0.1, 0.15) is 20.8 Å². The lowest BCUT2D eigenvalue weighted by molar-refractivity contribution is -0.112. The molecule has 117 heavy (non-hydrogen) atoms. The Hall–Kier alpha value is -15.3. The molecule has 0 radical (unpaired) electrons. The Bertz CT molecular complexity index is 6280. The van der Waals surface area contributed by atoms with E-state index in [2.05, 4.69) is 40.5 Å². The van der Waals surface area contributed by atoms with Crippen molar-refractivity contribution in [2.75, 3.05) is 74.8 Å². The third-order valence-electron chi connectivity index (χ3n) is 16.9. The van der Waals surface area contributed by atoms with Crippen LogP contribution in [-0.2, 0) is 14.3 Å². The van der Waals surface area contributed by atoms with E-state index in [0.717, 1.165) is 12.3 Å². The van der Waals surface area contributed by atoms with Gasteiger partial charge < -0.3 is 57.0 Å². The molecule has 0 spiro atoms. The lowest BCUT2D eigenvalue weighted by atomic mass is 10.2. The molecule has 0 atom stereocenters. The number of rotatable bonds is 20. The number of ether oxygens (including phenoxy) is 4. The van der Waals surface area contributed by atoms with Crippen molar-refractivity contribution >= 4 is 96.9 Å². The van der Waals surface area contributed by atoms with Crippen LogP contribution in [0.3, 0.4) is 0 Å². The van der Waals surface area contributed by atoms with Crippen LogP contribution in [0.15, 0.2) is 294 Å². The van der Waals surface area contributed by atoms with Crippen molar-refractivity contribution in [3.63, 3.8) is 0 Å². The number of allylic oxidation sites excluding steroid dienone is 1. The van der Waals surface area contributed by atoms with Gasteiger partial charge in [0.25, 0.3) is 0 Å². The normalized spacial score (nSPS) is 11.2. The maximum absolute atomic E-state index is 13.8. The summed E-state index contributed by atoms with van der Waals surface area (Å²) in [6.07, 6.45) is 9.66. The summed E-state index contributed by atoms with van der Waals surface area (Å²) in [7, 11) is 7.68. The van der Waals surface area contributed by atoms with Gasteiger partial charge in [0.15, 0.2) is 34.4 Å². The van der Waals surface area contributed by atoms with E-state index in [4.69, 9.17) is 53.5 Å². The minimum atomic E-state index is -0.651. The zero-order valence-corrected chi connectivity index (χ0v) is 65.3. The SMILES string of the molecule is CC(C)(C)OC(=O)Nc1cccc(-n2c(=O)n(-c3ccc(Oc4ccccc4)cc3)c3c(N)ncnc32)c1.CN(C)C/C=C/C(=O)Cl.CN(C)C/C=C/C(=O)Nc1cccc(-n2c(=O)n(-c3ccc(Oc4ccccc4)cc3)c3c(N)ncnc32)c1.Nc1cccc(-n2c(=O)n(-c3ccc(Oc4ccccc4)cc3)c3c(N)ncnc32)c1. The number of nitrogens with zero attached hydrogens (tertiary/aromatic N) is 14. The molecule has 0 aliphatic heterocycles. The van der Waals surface area contributed by atoms with E-state index in [1.165, 1.54) is 58.5 Å². The third kappa shape index (κ3) is 20.3. The van der Waals surface area contributed by atoms with Crippen LogP contribution < -0.4 is 64.8 Å². The number of para-hydroxylation sites is 3. The van der Waals surface area contributed by atoms with Crippen molar-refractivity contribution in [2.24, 2.45) is 0 Å². The number of hydrogen-bond donors (Lipinski definition) is 6. The van der Waals surface area contributed by atoms with Gasteiger partial charge in [-0.05, 0) is 230 Å². The molecule has 0 saturated carbocycles. The summed E-state index contributed by atoms with van der Waals surface area (Å²) >= 11 is 5.02. The van der Waals surface area contributed by atoms with Gasteiger partial charge in [0.05, 0.1) is 34.1 Å². The summed E-state index contributed by atoms with van der Waals surface area (Å²) < 4.78 is 31.7. The first-order chi connectivity index (χ1) is 56.3. The van der Waals surface area contributed by atoms with Crippen LogP contribution in [0, 0.1) is 0 Å². The van der Waals surface area contributed by atoms with E-state index < -0.39 is 22.6 Å². The number of hydrogen-bond acceptors (Lipinski definition) is 22. The molecular formula is C86H81ClN20O10. The minimum Gasteiger partial charge on any atom is -0.457 e. The van der Waals surface area contributed by atoms with E-state index in [1.807, 2.05) is 129 Å². The zero-order chi connectivity index (χ0) is 82.9. The number of nitrogens with one attached hydrogen (secondary N) is 2. The van der Waals surface area contributed by atoms with Gasteiger partial charge in [-0.25, -0.2) is 62.8 Å². The van der Waals surface area contributed by atoms with Gasteiger partial charge in [-0.15, -0.1) is 0 Å². The highest BCUT2D eigenvalue weighted by Crippen LogP contribution is 2.32. The maximum Gasteiger partial charge on any atom is 0.412 e. The first-order valence-corrected chi connectivity index (χ1v) is 36.6. The predicted octanol–water partition coefficient (Wildman–Crippen LogP) is 13.7. The van der Waals surface area contributed by atoms with E-state index in [9.17, 15) is 28.8 Å². The fourth-order valence-corrected chi connectivity index (χ4v) is 12.0. The number of amides is 2. The van der Waals surface area contributed by atoms with Crippen molar-refractivity contribution in [3.05, 3.63) is 311 Å². The van der Waals surface area contributed by atoms with Gasteiger partial charge >= 0.3 is 23.2 Å². The van der Waals surface area contributed by atoms with Crippen LogP contribution in [0.5, 0.6) is 34.5 Å². The number of likely N-dealkylation sites (N-methyl/N-ethyl adjacent to an activating group) is 2. The van der Waals surface area contributed by atoms with Crippen LogP contribution in [0.25, 0.3) is 67.6 Å². The molecule has 31 heteroatoms. The largest absolute Gasteiger partial charge is 0.457 e. The molecule has 0 aliphatic carbocycles. The number of imidazole rings is 3. The topological polar surface area (TPSA) is 381 Å². The second-order valence-corrected chi connectivity index (χ2v) is 27.7. The van der Waals surface area contributed by atoms with Gasteiger partial charge in [-0.2, -0.15) is 0 Å². The molecule has 15 rings (SSSR count). The van der Waals surface area contributed by atoms with Gasteiger partial charge in [-0.1, -0.05) is 84.9 Å². The molecule has 10 N–H and O–H groups in total. The van der Waals surface area contributed by atoms with Crippen molar-refractivity contribution in [2.45, 2.75) is 26.4 Å². The zero-order valence-electron chi connectivity index (χ0n) is 64.5. The molecule has 2 amide bonds. The number of carbonyl (C=O) groups is 3. The van der Waals surface area contributed by atoms with E-state index >= 15 is 0 Å². The van der Waals surface area contributed by atoms with Crippen molar-refractivity contribution in [3.8, 4) is 68.6 Å². The standard InChI is InChI=1S/C29H27N7O3.C28H26N6O4.C23H18N6O2.C6H10ClNO/c1-34(2)17-7-12-25(37)33-20-8-6-9-22(18-20)36-28-26(27(30)31-19-32-28)35(29(36)38)21-13-15-24(16-14-21)39-23-10-4-3-5-11-23;1-28(2,3)38-26(35)32-18-8-7-9-20(16-18)34-25-23(24(29)30-17-31-25)33(27(34)36)19-12-14-22(15-13-19)37-21-10-5-4-6-11-21;24-15-5-4-6-17(13-15)29-22-20(21(25)26-14-27-22)28(23(29)30)16-9-11-19(12-10-16)31-18-7-2-1-3-8-18;1-8(2)5-3-4-6(7)9/h3-16,18-19H,17H2,1-2H3,(H,33,37)(H2,30,31,32);4-17H,1-3H3,(H,32,35)(H2,29,30,31);1-14H,24H2,(H2,25,26,27);3-4H,5H2,1-2H3/b12-7+;;;4-3+. The van der Waals surface area contributed by atoms with Crippen LogP contribution in [-0.4, -0.2) is 131 Å². The summed E-state index contributed by atoms with van der Waals surface area (Å²) in [4.78, 5) is 105. The van der Waals surface area contributed by atoms with Crippen molar-refractivity contribution in [1.29, 1.82) is 0 Å². The Morgan fingerprint density at radius 2 is 0.718 bits per heavy atom. The average Bonchev–Trinajstić information content (AvgIpc) is 1.60. The molecular weight excluding hydrogens is 1510 g/mol. The highest BCUT2D eigenvalue weighted by atomic mass is 35.5. The fraction of sp³-hybridized carbons (Fsp3) is 0.116. The van der Waals surface area contributed by atoms with Crippen molar-refractivity contribution < 1.29 is 33.3 Å². The Labute approximate surface area is 675 Å². The first kappa shape index (κ1) is 81.2.